The Balaban J connectivity index is 2.07. The Morgan fingerprint density at radius 1 is 1.29 bits per heavy atom. The molecule has 0 aromatic heterocycles. The van der Waals surface area contributed by atoms with Crippen LogP contribution in [0.1, 0.15) is 64.4 Å². The Hall–Kier alpha value is -1.99. The lowest BCUT2D eigenvalue weighted by Crippen LogP contribution is -2.41. The molecule has 2 N–H and O–H groups in total. The lowest BCUT2D eigenvalue weighted by Gasteiger charge is -2.38. The molecule has 1 aromatic rings. The lowest BCUT2D eigenvalue weighted by atomic mass is 9.80. The molecule has 1 saturated carbocycles. The van der Waals surface area contributed by atoms with E-state index in [4.69, 9.17) is 9.47 Å². The summed E-state index contributed by atoms with van der Waals surface area (Å²) in [7, 11) is 1.65. The van der Waals surface area contributed by atoms with E-state index in [1.165, 1.54) is 0 Å². The van der Waals surface area contributed by atoms with Crippen molar-refractivity contribution < 1.29 is 23.5 Å². The van der Waals surface area contributed by atoms with Crippen molar-refractivity contribution in [2.75, 3.05) is 19.0 Å². The van der Waals surface area contributed by atoms with Gasteiger partial charge in [0.2, 0.25) is 11.8 Å². The predicted octanol–water partition coefficient (Wildman–Crippen LogP) is 3.72. The number of halogens is 1. The van der Waals surface area contributed by atoms with Crippen LogP contribution in [0.15, 0.2) is 18.2 Å². The topological polar surface area (TPSA) is 76.7 Å². The van der Waals surface area contributed by atoms with Gasteiger partial charge in [-0.15, -0.1) is 0 Å². The molecule has 1 aromatic carbocycles. The molecule has 1 aliphatic carbocycles. The fourth-order valence-electron chi connectivity index (χ4n) is 3.65. The second-order valence-corrected chi connectivity index (χ2v) is 7.16. The molecule has 0 heterocycles. The van der Waals surface area contributed by atoms with Crippen LogP contribution < -0.4 is 10.6 Å². The van der Waals surface area contributed by atoms with Gasteiger partial charge >= 0.3 is 0 Å². The maximum Gasteiger partial charge on any atom is 0.248 e. The van der Waals surface area contributed by atoms with Crippen molar-refractivity contribution in [3.63, 3.8) is 0 Å². The molecule has 1 aliphatic rings. The van der Waals surface area contributed by atoms with Crippen LogP contribution in [-0.2, 0) is 19.1 Å². The van der Waals surface area contributed by atoms with Gasteiger partial charge in [-0.05, 0) is 44.2 Å². The van der Waals surface area contributed by atoms with Crippen LogP contribution in [0.5, 0.6) is 0 Å². The third-order valence-corrected chi connectivity index (χ3v) is 5.34. The minimum atomic E-state index is -0.731. The molecule has 2 amide bonds. The molecule has 2 rings (SSSR count). The minimum absolute atomic E-state index is 0.0660. The molecule has 0 saturated heterocycles. The first-order valence-corrected chi connectivity index (χ1v) is 9.93. The Labute approximate surface area is 166 Å². The number of methoxy groups -OCH3 is 1. The summed E-state index contributed by atoms with van der Waals surface area (Å²) >= 11 is 0. The zero-order chi connectivity index (χ0) is 20.7. The Morgan fingerprint density at radius 3 is 2.54 bits per heavy atom. The van der Waals surface area contributed by atoms with Crippen molar-refractivity contribution in [1.29, 1.82) is 0 Å². The molecule has 1 fully saturated rings. The summed E-state index contributed by atoms with van der Waals surface area (Å²) < 4.78 is 26.5. The summed E-state index contributed by atoms with van der Waals surface area (Å²) in [6.45, 7) is 5.78. The number of amides is 2. The average Bonchev–Trinajstić information content (AvgIpc) is 2.70. The van der Waals surface area contributed by atoms with Crippen molar-refractivity contribution in [3.8, 4) is 0 Å². The largest absolute Gasteiger partial charge is 0.372 e. The molecule has 28 heavy (non-hydrogen) atoms. The van der Waals surface area contributed by atoms with Crippen LogP contribution in [0.4, 0.5) is 10.1 Å². The maximum absolute atomic E-state index is 15.1. The van der Waals surface area contributed by atoms with E-state index in [1.54, 1.807) is 39.2 Å². The SMILES string of the molecule is CCOC1(OC)CCC(c2cccc(NC(C)C(=O)NC(=O)CC)c2F)CC1. The van der Waals surface area contributed by atoms with Gasteiger partial charge in [0.05, 0.1) is 5.69 Å². The monoisotopic (exact) mass is 394 g/mol. The zero-order valence-corrected chi connectivity index (χ0v) is 17.1. The van der Waals surface area contributed by atoms with Gasteiger partial charge in [-0.2, -0.15) is 0 Å². The molecule has 1 unspecified atom stereocenters. The molecule has 0 spiro atoms. The Kier molecular flexibility index (Phi) is 7.95. The highest BCUT2D eigenvalue weighted by atomic mass is 19.1. The highest BCUT2D eigenvalue weighted by Gasteiger charge is 2.37. The van der Waals surface area contributed by atoms with Crippen LogP contribution >= 0.6 is 0 Å². The van der Waals surface area contributed by atoms with Gasteiger partial charge in [-0.3, -0.25) is 14.9 Å². The van der Waals surface area contributed by atoms with E-state index in [0.29, 0.717) is 25.0 Å². The number of nitrogens with one attached hydrogen (secondary N) is 2. The molecular formula is C21H31FN2O4. The number of benzene rings is 1. The predicted molar refractivity (Wildman–Crippen MR) is 106 cm³/mol. The highest BCUT2D eigenvalue weighted by Crippen LogP contribution is 2.41. The molecule has 0 bridgehead atoms. The lowest BCUT2D eigenvalue weighted by molar-refractivity contribution is -0.237. The van der Waals surface area contributed by atoms with E-state index in [9.17, 15) is 9.59 Å². The van der Waals surface area contributed by atoms with Crippen molar-refractivity contribution in [2.24, 2.45) is 0 Å². The smallest absolute Gasteiger partial charge is 0.248 e. The van der Waals surface area contributed by atoms with E-state index < -0.39 is 17.7 Å². The second kappa shape index (κ2) is 9.98. The van der Waals surface area contributed by atoms with Crippen molar-refractivity contribution in [3.05, 3.63) is 29.6 Å². The first kappa shape index (κ1) is 22.3. The normalized spacial score (nSPS) is 23.1. The van der Waals surface area contributed by atoms with Gasteiger partial charge in [-0.1, -0.05) is 19.1 Å². The number of rotatable bonds is 8. The first-order chi connectivity index (χ1) is 13.4. The zero-order valence-electron chi connectivity index (χ0n) is 17.1. The van der Waals surface area contributed by atoms with E-state index in [0.717, 1.165) is 12.8 Å². The molecule has 0 radical (unpaired) electrons. The van der Waals surface area contributed by atoms with E-state index in [1.807, 2.05) is 6.92 Å². The van der Waals surface area contributed by atoms with Crippen molar-refractivity contribution >= 4 is 17.5 Å². The van der Waals surface area contributed by atoms with Gasteiger partial charge in [0, 0.05) is 33.0 Å². The molecule has 7 heteroatoms. The summed E-state index contributed by atoms with van der Waals surface area (Å²) in [6, 6.07) is 4.44. The molecule has 156 valence electrons. The van der Waals surface area contributed by atoms with Crippen molar-refractivity contribution in [1.82, 2.24) is 5.32 Å². The van der Waals surface area contributed by atoms with Crippen LogP contribution in [0.3, 0.4) is 0 Å². The van der Waals surface area contributed by atoms with E-state index >= 15 is 4.39 Å². The fraction of sp³-hybridized carbons (Fsp3) is 0.619. The Bertz CT molecular complexity index is 687. The number of ether oxygens (including phenoxy) is 2. The summed E-state index contributed by atoms with van der Waals surface area (Å²) in [5, 5.41) is 5.16. The average molecular weight is 394 g/mol. The Morgan fingerprint density at radius 2 is 1.96 bits per heavy atom. The molecule has 0 aliphatic heterocycles. The number of anilines is 1. The highest BCUT2D eigenvalue weighted by molar-refractivity contribution is 5.98. The van der Waals surface area contributed by atoms with Crippen LogP contribution in [0, 0.1) is 5.82 Å². The van der Waals surface area contributed by atoms with Crippen LogP contribution in [0.25, 0.3) is 0 Å². The van der Waals surface area contributed by atoms with Gasteiger partial charge in [0.25, 0.3) is 0 Å². The van der Waals surface area contributed by atoms with E-state index in [2.05, 4.69) is 10.6 Å². The number of imide groups is 1. The van der Waals surface area contributed by atoms with Crippen LogP contribution in [0.2, 0.25) is 0 Å². The summed E-state index contributed by atoms with van der Waals surface area (Å²) in [6.07, 6.45) is 3.15. The number of carbonyl (C=O) groups is 2. The standard InChI is InChI=1S/C21H31FN2O4/c1-5-18(25)24-20(26)14(3)23-17-9-7-8-16(19(17)22)15-10-12-21(27-4,13-11-15)28-6-2/h7-9,14-15,23H,5-6,10-13H2,1-4H3,(H,24,25,26). The summed E-state index contributed by atoms with van der Waals surface area (Å²) in [5.74, 6) is -1.69. The third kappa shape index (κ3) is 5.29. The van der Waals surface area contributed by atoms with Crippen molar-refractivity contribution in [2.45, 2.75) is 70.6 Å². The van der Waals surface area contributed by atoms with E-state index in [-0.39, 0.29) is 29.8 Å². The third-order valence-electron chi connectivity index (χ3n) is 5.34. The minimum Gasteiger partial charge on any atom is -0.372 e. The maximum atomic E-state index is 15.1. The molecule has 6 nitrogen and oxygen atoms in total. The summed E-state index contributed by atoms with van der Waals surface area (Å²) in [4.78, 5) is 23.4. The van der Waals surface area contributed by atoms with Gasteiger partial charge in [0.1, 0.15) is 11.9 Å². The second-order valence-electron chi connectivity index (χ2n) is 7.16. The number of hydrogen-bond donors (Lipinski definition) is 2. The summed E-state index contributed by atoms with van der Waals surface area (Å²) in [5.41, 5.74) is 0.890. The fourth-order valence-corrected chi connectivity index (χ4v) is 3.65. The quantitative estimate of drug-likeness (QED) is 0.657. The van der Waals surface area contributed by atoms with Gasteiger partial charge in [0.15, 0.2) is 5.79 Å². The van der Waals surface area contributed by atoms with Crippen LogP contribution in [-0.4, -0.2) is 37.4 Å². The number of hydrogen-bond acceptors (Lipinski definition) is 5. The van der Waals surface area contributed by atoms with Gasteiger partial charge in [-0.25, -0.2) is 4.39 Å². The molecule has 1 atom stereocenters. The molecular weight excluding hydrogens is 363 g/mol. The van der Waals surface area contributed by atoms with Gasteiger partial charge < -0.3 is 14.8 Å². The first-order valence-electron chi connectivity index (χ1n) is 9.93. The number of carbonyl (C=O) groups excluding carboxylic acids is 2.